The van der Waals surface area contributed by atoms with E-state index in [9.17, 15) is 0 Å². The number of anilines is 1. The van der Waals surface area contributed by atoms with Crippen molar-refractivity contribution in [1.82, 2.24) is 4.98 Å². The molecule has 0 saturated heterocycles. The third-order valence-electron chi connectivity index (χ3n) is 3.43. The van der Waals surface area contributed by atoms with Crippen molar-refractivity contribution in [3.05, 3.63) is 53.9 Å². The molecule has 4 rings (SSSR count). The Bertz CT molecular complexity index is 1080. The van der Waals surface area contributed by atoms with Gasteiger partial charge in [0.25, 0.3) is 5.97 Å². The van der Waals surface area contributed by atoms with Crippen LogP contribution >= 0.6 is 0 Å². The van der Waals surface area contributed by atoms with Gasteiger partial charge in [0.05, 0.1) is 5.36 Å². The third-order valence-corrected chi connectivity index (χ3v) is 3.43. The topological polar surface area (TPSA) is 113 Å². The van der Waals surface area contributed by atoms with Gasteiger partial charge in [-0.2, -0.15) is 0 Å². The van der Waals surface area contributed by atoms with Gasteiger partial charge in [-0.05, 0) is 12.1 Å². The van der Waals surface area contributed by atoms with Gasteiger partial charge in [-0.25, -0.2) is 4.98 Å². The fourth-order valence-corrected chi connectivity index (χ4v) is 2.48. The monoisotopic (exact) mass is 321 g/mol. The number of nitrogens with zero attached hydrogens (tertiary/aromatic N) is 1. The molecule has 2 aromatic rings. The highest BCUT2D eigenvalue weighted by Crippen LogP contribution is 2.32. The Morgan fingerprint density at radius 1 is 1.17 bits per heavy atom. The van der Waals surface area contributed by atoms with Crippen LogP contribution in [0.25, 0.3) is 33.3 Å². The standard InChI is InChI=1S/C16H11N3O.C2H4O2/c17-9-5-6-13-14(7-9)20-15-8-12(18)10-3-1-2-4-11(10)16(15)19-13;1-2(3)4/h1-8,17H,18H2;1H3,(H,3,4). The molecule has 0 aromatic heterocycles. The predicted octanol–water partition coefficient (Wildman–Crippen LogP) is 3.24. The maximum Gasteiger partial charge on any atom is 0.300 e. The largest absolute Gasteiger partial charge is 0.481 e. The molecule has 1 aliphatic carbocycles. The number of carbonyl (C=O) groups is 1. The molecule has 0 atom stereocenters. The highest BCUT2D eigenvalue weighted by atomic mass is 16.4. The summed E-state index contributed by atoms with van der Waals surface area (Å²) in [5.74, 6) is -0.236. The first kappa shape index (κ1) is 15.5. The van der Waals surface area contributed by atoms with E-state index in [0.717, 1.165) is 28.9 Å². The van der Waals surface area contributed by atoms with Crippen molar-refractivity contribution in [1.29, 1.82) is 5.41 Å². The van der Waals surface area contributed by atoms with Crippen molar-refractivity contribution < 1.29 is 14.3 Å². The number of hydrogen-bond donors (Lipinski definition) is 3. The second-order valence-electron chi connectivity index (χ2n) is 5.27. The molecule has 0 radical (unpaired) electrons. The summed E-state index contributed by atoms with van der Waals surface area (Å²) in [5.41, 5.74) is 8.91. The zero-order valence-electron chi connectivity index (χ0n) is 12.9. The molecule has 1 heterocycles. The van der Waals surface area contributed by atoms with Crippen molar-refractivity contribution in [3.8, 4) is 11.5 Å². The molecule has 1 aliphatic heterocycles. The van der Waals surface area contributed by atoms with Gasteiger partial charge in [0, 0.05) is 35.5 Å². The minimum absolute atomic E-state index is 0.399. The van der Waals surface area contributed by atoms with Gasteiger partial charge in [-0.15, -0.1) is 0 Å². The van der Waals surface area contributed by atoms with Crippen LogP contribution in [0.3, 0.4) is 0 Å². The van der Waals surface area contributed by atoms with Crippen LogP contribution in [0.5, 0.6) is 0 Å². The first-order chi connectivity index (χ1) is 11.5. The van der Waals surface area contributed by atoms with Crippen LogP contribution in [0.15, 0.2) is 52.9 Å². The van der Waals surface area contributed by atoms with E-state index in [1.54, 1.807) is 24.3 Å². The second-order valence-corrected chi connectivity index (χ2v) is 5.27. The van der Waals surface area contributed by atoms with Gasteiger partial charge >= 0.3 is 0 Å². The lowest BCUT2D eigenvalue weighted by Gasteiger charge is -2.09. The van der Waals surface area contributed by atoms with Crippen molar-refractivity contribution >= 4 is 33.5 Å². The van der Waals surface area contributed by atoms with Crippen LogP contribution in [0.4, 0.5) is 5.69 Å². The zero-order chi connectivity index (χ0) is 17.3. The Labute approximate surface area is 137 Å². The quantitative estimate of drug-likeness (QED) is 0.261. The van der Waals surface area contributed by atoms with Crippen molar-refractivity contribution in [2.24, 2.45) is 0 Å². The average molecular weight is 321 g/mol. The van der Waals surface area contributed by atoms with Gasteiger partial charge < -0.3 is 20.7 Å². The summed E-state index contributed by atoms with van der Waals surface area (Å²) >= 11 is 0. The van der Waals surface area contributed by atoms with E-state index in [1.807, 2.05) is 24.3 Å². The Kier molecular flexibility index (Phi) is 3.87. The molecule has 24 heavy (non-hydrogen) atoms. The summed E-state index contributed by atoms with van der Waals surface area (Å²) < 4.78 is 5.85. The molecule has 0 spiro atoms. The molecule has 120 valence electrons. The maximum atomic E-state index is 9.00. The van der Waals surface area contributed by atoms with Crippen LogP contribution in [0.1, 0.15) is 6.92 Å². The van der Waals surface area contributed by atoms with Crippen molar-refractivity contribution in [3.63, 3.8) is 0 Å². The van der Waals surface area contributed by atoms with Crippen LogP contribution in [0, 0.1) is 5.41 Å². The second kappa shape index (κ2) is 6.00. The minimum atomic E-state index is -0.833. The number of carboxylic acid groups (broad SMARTS) is 1. The molecule has 0 bridgehead atoms. The van der Waals surface area contributed by atoms with E-state index in [2.05, 4.69) is 4.98 Å². The minimum Gasteiger partial charge on any atom is -0.481 e. The summed E-state index contributed by atoms with van der Waals surface area (Å²) in [4.78, 5) is 13.7. The molecular weight excluding hydrogens is 306 g/mol. The summed E-state index contributed by atoms with van der Waals surface area (Å²) in [6, 6.07) is 14.8. The lowest BCUT2D eigenvalue weighted by Crippen LogP contribution is -2.00. The summed E-state index contributed by atoms with van der Waals surface area (Å²) in [7, 11) is 0. The lowest BCUT2D eigenvalue weighted by atomic mass is 10.1. The Morgan fingerprint density at radius 2 is 1.83 bits per heavy atom. The highest BCUT2D eigenvalue weighted by Gasteiger charge is 2.12. The predicted molar refractivity (Wildman–Crippen MR) is 91.7 cm³/mol. The van der Waals surface area contributed by atoms with E-state index < -0.39 is 5.97 Å². The number of aromatic nitrogens is 1. The average Bonchev–Trinajstić information content (AvgIpc) is 2.53. The number of nitrogens with two attached hydrogens (primary N) is 1. The highest BCUT2D eigenvalue weighted by molar-refractivity contribution is 6.09. The SMILES string of the molecule is CC(=O)O.N=c1ccc2nc3c(cc(N)c4ccccc43)oc-2c1. The zero-order valence-corrected chi connectivity index (χ0v) is 12.9. The number of nitrogen functional groups attached to an aromatic ring is 1. The molecule has 0 fully saturated rings. The van der Waals surface area contributed by atoms with Crippen LogP contribution < -0.4 is 11.1 Å². The fraction of sp³-hybridized carbons (Fsp3) is 0.0556. The van der Waals surface area contributed by atoms with E-state index in [0.29, 0.717) is 22.4 Å². The van der Waals surface area contributed by atoms with Gasteiger partial charge in [0.1, 0.15) is 11.2 Å². The number of aliphatic carboxylic acids is 1. The normalized spacial score (nSPS) is 10.5. The van der Waals surface area contributed by atoms with Crippen LogP contribution in [-0.4, -0.2) is 16.1 Å². The lowest BCUT2D eigenvalue weighted by molar-refractivity contribution is -0.134. The Morgan fingerprint density at radius 3 is 2.54 bits per heavy atom. The van der Waals surface area contributed by atoms with E-state index in [4.69, 9.17) is 25.5 Å². The number of rotatable bonds is 0. The number of carboxylic acids is 1. The molecule has 2 aliphatic rings. The molecule has 0 amide bonds. The molecular formula is C18H15N3O3. The van der Waals surface area contributed by atoms with E-state index in [1.165, 1.54) is 0 Å². The number of nitrogens with one attached hydrogen (secondary N) is 1. The van der Waals surface area contributed by atoms with Crippen molar-refractivity contribution in [2.45, 2.75) is 6.92 Å². The number of hydrogen-bond acceptors (Lipinski definition) is 5. The molecule has 2 aromatic carbocycles. The summed E-state index contributed by atoms with van der Waals surface area (Å²) in [6.07, 6.45) is 0. The van der Waals surface area contributed by atoms with Crippen molar-refractivity contribution in [2.75, 3.05) is 5.73 Å². The fourth-order valence-electron chi connectivity index (χ4n) is 2.48. The van der Waals surface area contributed by atoms with Gasteiger partial charge in [-0.3, -0.25) is 4.79 Å². The molecule has 0 saturated carbocycles. The summed E-state index contributed by atoms with van der Waals surface area (Å²) in [6.45, 7) is 1.08. The third kappa shape index (κ3) is 2.89. The Balaban J connectivity index is 0.000000383. The van der Waals surface area contributed by atoms with Crippen LogP contribution in [-0.2, 0) is 4.79 Å². The summed E-state index contributed by atoms with van der Waals surface area (Å²) in [5, 5.41) is 17.4. The van der Waals surface area contributed by atoms with Gasteiger partial charge in [0.15, 0.2) is 11.3 Å². The van der Waals surface area contributed by atoms with Gasteiger partial charge in [0.2, 0.25) is 0 Å². The number of fused-ring (bicyclic) bond motifs is 4. The van der Waals surface area contributed by atoms with Crippen LogP contribution in [0.2, 0.25) is 0 Å². The first-order valence-electron chi connectivity index (χ1n) is 7.21. The molecule has 0 unspecified atom stereocenters. The molecule has 6 heteroatoms. The Hall–Kier alpha value is -3.41. The van der Waals surface area contributed by atoms with E-state index >= 15 is 0 Å². The van der Waals surface area contributed by atoms with E-state index in [-0.39, 0.29) is 0 Å². The molecule has 4 N–H and O–H groups in total. The smallest absolute Gasteiger partial charge is 0.300 e. The molecule has 6 nitrogen and oxygen atoms in total. The maximum absolute atomic E-state index is 9.00. The number of benzene rings is 3. The van der Waals surface area contributed by atoms with Gasteiger partial charge in [-0.1, -0.05) is 24.3 Å². The first-order valence-corrected chi connectivity index (χ1v) is 7.21.